The molecule has 5 heteroatoms. The minimum Gasteiger partial charge on any atom is -0.380 e. The van der Waals surface area contributed by atoms with Crippen LogP contribution in [0.5, 0.6) is 0 Å². The highest BCUT2D eigenvalue weighted by atomic mass is 32.2. The maximum atomic E-state index is 11.1. The summed E-state index contributed by atoms with van der Waals surface area (Å²) in [6.07, 6.45) is 0. The molecule has 110 valence electrons. The summed E-state index contributed by atoms with van der Waals surface area (Å²) in [7, 11) is 0. The highest BCUT2D eigenvalue weighted by Crippen LogP contribution is 2.27. The maximum absolute atomic E-state index is 11.1. The predicted molar refractivity (Wildman–Crippen MR) is 88.7 cm³/mol. The van der Waals surface area contributed by atoms with Crippen molar-refractivity contribution in [3.63, 3.8) is 0 Å². The number of nitrogens with one attached hydrogen (secondary N) is 1. The van der Waals surface area contributed by atoms with Crippen LogP contribution in [0.2, 0.25) is 0 Å². The minimum atomic E-state index is -0.330. The van der Waals surface area contributed by atoms with Crippen LogP contribution in [0.3, 0.4) is 0 Å². The third-order valence-corrected chi connectivity index (χ3v) is 4.08. The number of hydrogen-bond donors (Lipinski definition) is 1. The summed E-state index contributed by atoms with van der Waals surface area (Å²) < 4.78 is 0. The maximum Gasteiger partial charge on any atom is 0.292 e. The third-order valence-electron chi connectivity index (χ3n) is 3.01. The van der Waals surface area contributed by atoms with Crippen molar-refractivity contribution >= 4 is 23.1 Å². The lowest BCUT2D eigenvalue weighted by molar-refractivity contribution is -0.384. The van der Waals surface area contributed by atoms with Gasteiger partial charge in [-0.1, -0.05) is 36.4 Å². The molecular weight excluding hydrogens is 284 g/mol. The summed E-state index contributed by atoms with van der Waals surface area (Å²) in [6.45, 7) is 2.59. The van der Waals surface area contributed by atoms with Gasteiger partial charge in [-0.05, 0) is 24.1 Å². The van der Waals surface area contributed by atoms with Gasteiger partial charge in [-0.3, -0.25) is 10.1 Å². The van der Waals surface area contributed by atoms with Gasteiger partial charge >= 0.3 is 0 Å². The summed E-state index contributed by atoms with van der Waals surface area (Å²) in [5, 5.41) is 14.1. The zero-order valence-electron chi connectivity index (χ0n) is 11.9. The van der Waals surface area contributed by atoms with Crippen LogP contribution in [-0.4, -0.2) is 11.5 Å². The Morgan fingerprint density at radius 2 is 1.81 bits per heavy atom. The average molecular weight is 302 g/mol. The van der Waals surface area contributed by atoms with Crippen LogP contribution in [0.15, 0.2) is 48.5 Å². The van der Waals surface area contributed by atoms with Crippen LogP contribution in [0.25, 0.3) is 0 Å². The topological polar surface area (TPSA) is 55.2 Å². The first kappa shape index (κ1) is 15.4. The molecule has 0 aromatic heterocycles. The fourth-order valence-electron chi connectivity index (χ4n) is 2.02. The van der Waals surface area contributed by atoms with Crippen molar-refractivity contribution in [2.75, 3.05) is 11.9 Å². The Balaban J connectivity index is 2.00. The first-order valence-corrected chi connectivity index (χ1v) is 7.99. The van der Waals surface area contributed by atoms with Crippen LogP contribution in [-0.2, 0) is 11.5 Å². The largest absolute Gasteiger partial charge is 0.380 e. The summed E-state index contributed by atoms with van der Waals surface area (Å²) in [6, 6.07) is 15.6. The molecule has 2 aromatic rings. The van der Waals surface area contributed by atoms with Crippen molar-refractivity contribution in [2.45, 2.75) is 18.4 Å². The van der Waals surface area contributed by atoms with E-state index in [9.17, 15) is 10.1 Å². The highest BCUT2D eigenvalue weighted by Gasteiger charge is 2.13. The molecule has 0 amide bonds. The van der Waals surface area contributed by atoms with Gasteiger partial charge in [0.2, 0.25) is 0 Å². The molecule has 0 aliphatic carbocycles. The van der Waals surface area contributed by atoms with E-state index in [-0.39, 0.29) is 10.6 Å². The second kappa shape index (κ2) is 7.69. The van der Waals surface area contributed by atoms with E-state index in [0.29, 0.717) is 12.2 Å². The molecule has 0 fully saturated rings. The van der Waals surface area contributed by atoms with Gasteiger partial charge in [0.05, 0.1) is 4.92 Å². The first-order valence-electron chi connectivity index (χ1n) is 6.83. The van der Waals surface area contributed by atoms with Gasteiger partial charge < -0.3 is 5.32 Å². The smallest absolute Gasteiger partial charge is 0.292 e. The van der Waals surface area contributed by atoms with Gasteiger partial charge in [0.25, 0.3) is 5.69 Å². The molecule has 0 saturated heterocycles. The zero-order valence-corrected chi connectivity index (χ0v) is 12.7. The molecule has 0 aliphatic rings. The number of anilines is 1. The Morgan fingerprint density at radius 3 is 2.48 bits per heavy atom. The Labute approximate surface area is 128 Å². The summed E-state index contributed by atoms with van der Waals surface area (Å²) >= 11 is 1.76. The molecule has 0 atom stereocenters. The van der Waals surface area contributed by atoms with E-state index in [2.05, 4.69) is 17.4 Å². The van der Waals surface area contributed by atoms with Crippen LogP contribution >= 0.6 is 11.8 Å². The third kappa shape index (κ3) is 4.49. The van der Waals surface area contributed by atoms with Gasteiger partial charge in [0.15, 0.2) is 0 Å². The van der Waals surface area contributed by atoms with Crippen LogP contribution in [0, 0.1) is 10.1 Å². The Hall–Kier alpha value is -2.01. The van der Waals surface area contributed by atoms with E-state index in [1.165, 1.54) is 5.56 Å². The molecule has 2 rings (SSSR count). The Morgan fingerprint density at radius 1 is 1.10 bits per heavy atom. The van der Waals surface area contributed by atoms with Crippen LogP contribution < -0.4 is 5.32 Å². The van der Waals surface area contributed by atoms with Crippen molar-refractivity contribution in [2.24, 2.45) is 0 Å². The lowest BCUT2D eigenvalue weighted by Gasteiger charge is -2.07. The molecule has 4 nitrogen and oxygen atoms in total. The fourth-order valence-corrected chi connectivity index (χ4v) is 2.96. The number of benzene rings is 2. The van der Waals surface area contributed by atoms with E-state index in [4.69, 9.17) is 0 Å². The molecule has 0 bridgehead atoms. The number of nitro benzene ring substituents is 1. The zero-order chi connectivity index (χ0) is 15.1. The van der Waals surface area contributed by atoms with E-state index in [1.807, 2.05) is 31.2 Å². The van der Waals surface area contributed by atoms with E-state index >= 15 is 0 Å². The molecule has 0 heterocycles. The monoisotopic (exact) mass is 302 g/mol. The molecular formula is C16H18N2O2S. The van der Waals surface area contributed by atoms with Crippen molar-refractivity contribution in [3.8, 4) is 0 Å². The standard InChI is InChI=1S/C16H18N2O2S/c1-2-17-15-9-8-14(10-16(15)18(19)20)12-21-11-13-6-4-3-5-7-13/h3-10,17H,2,11-12H2,1H3. The Kier molecular flexibility index (Phi) is 5.63. The molecule has 0 unspecified atom stereocenters. The van der Waals surface area contributed by atoms with Crippen molar-refractivity contribution < 1.29 is 4.92 Å². The van der Waals surface area contributed by atoms with E-state index in [1.54, 1.807) is 23.9 Å². The second-order valence-electron chi connectivity index (χ2n) is 4.62. The summed E-state index contributed by atoms with van der Waals surface area (Å²) in [5.74, 6) is 1.67. The predicted octanol–water partition coefficient (Wildman–Crippen LogP) is 4.46. The van der Waals surface area contributed by atoms with Crippen molar-refractivity contribution in [1.29, 1.82) is 0 Å². The van der Waals surface area contributed by atoms with Crippen molar-refractivity contribution in [1.82, 2.24) is 0 Å². The number of nitrogens with zero attached hydrogens (tertiary/aromatic N) is 1. The molecule has 0 saturated carbocycles. The van der Waals surface area contributed by atoms with E-state index < -0.39 is 0 Å². The lowest BCUT2D eigenvalue weighted by atomic mass is 10.2. The van der Waals surface area contributed by atoms with Gasteiger partial charge in [-0.15, -0.1) is 0 Å². The number of nitro groups is 1. The highest BCUT2D eigenvalue weighted by molar-refractivity contribution is 7.97. The minimum absolute atomic E-state index is 0.148. The van der Waals surface area contributed by atoms with Gasteiger partial charge in [0, 0.05) is 24.1 Å². The van der Waals surface area contributed by atoms with E-state index in [0.717, 1.165) is 17.1 Å². The molecule has 0 radical (unpaired) electrons. The number of thioether (sulfide) groups is 1. The first-order chi connectivity index (χ1) is 10.2. The van der Waals surface area contributed by atoms with Gasteiger partial charge in [-0.2, -0.15) is 11.8 Å². The lowest BCUT2D eigenvalue weighted by Crippen LogP contribution is -2.01. The molecule has 2 aromatic carbocycles. The van der Waals surface area contributed by atoms with Gasteiger partial charge in [-0.25, -0.2) is 0 Å². The fraction of sp³-hybridized carbons (Fsp3) is 0.250. The molecule has 0 spiro atoms. The molecule has 0 aliphatic heterocycles. The second-order valence-corrected chi connectivity index (χ2v) is 5.60. The Bertz CT molecular complexity index is 602. The van der Waals surface area contributed by atoms with Crippen molar-refractivity contribution in [3.05, 3.63) is 69.8 Å². The normalized spacial score (nSPS) is 10.3. The number of hydrogen-bond acceptors (Lipinski definition) is 4. The summed E-state index contributed by atoms with van der Waals surface area (Å²) in [5.41, 5.74) is 2.97. The molecule has 1 N–H and O–H groups in total. The van der Waals surface area contributed by atoms with Crippen LogP contribution in [0.4, 0.5) is 11.4 Å². The average Bonchev–Trinajstić information content (AvgIpc) is 2.50. The quantitative estimate of drug-likeness (QED) is 0.606. The number of rotatable bonds is 7. The SMILES string of the molecule is CCNc1ccc(CSCc2ccccc2)cc1[N+](=O)[O-]. The van der Waals surface area contributed by atoms with Gasteiger partial charge in [0.1, 0.15) is 5.69 Å². The summed E-state index contributed by atoms with van der Waals surface area (Å²) in [4.78, 5) is 10.8. The molecule has 21 heavy (non-hydrogen) atoms. The van der Waals surface area contributed by atoms with Crippen LogP contribution in [0.1, 0.15) is 18.1 Å².